The molecule has 1 aliphatic rings. The van der Waals surface area contributed by atoms with Crippen LogP contribution in [-0.2, 0) is 0 Å². The zero-order chi connectivity index (χ0) is 8.48. The van der Waals surface area contributed by atoms with Gasteiger partial charge in [-0.1, -0.05) is 0 Å². The summed E-state index contributed by atoms with van der Waals surface area (Å²) in [5, 5.41) is 9.43. The van der Waals surface area contributed by atoms with Crippen LogP contribution in [-0.4, -0.2) is 34.9 Å². The average molecular weight is 158 g/mol. The molecule has 0 radical (unpaired) electrons. The molecule has 66 valence electrons. The molecular weight excluding hydrogens is 140 g/mol. The van der Waals surface area contributed by atoms with Crippen molar-refractivity contribution in [2.24, 2.45) is 5.73 Å². The number of piperidine rings is 1. The quantitative estimate of drug-likeness (QED) is 0.534. The minimum atomic E-state index is -0.897. The van der Waals surface area contributed by atoms with Gasteiger partial charge in [-0.05, 0) is 13.8 Å². The number of aliphatic hydroxyl groups is 1. The number of nitrogens with two attached hydrogens (primary N) is 1. The minimum absolute atomic E-state index is 0.575. The third-order valence-corrected chi connectivity index (χ3v) is 2.39. The largest absolute Gasteiger partial charge is 0.376 e. The molecule has 0 aromatic rings. The molecule has 0 unspecified atom stereocenters. The van der Waals surface area contributed by atoms with Gasteiger partial charge >= 0.3 is 0 Å². The Labute approximate surface area is 68.2 Å². The van der Waals surface area contributed by atoms with Gasteiger partial charge in [0.05, 0.1) is 0 Å². The fourth-order valence-electron chi connectivity index (χ4n) is 1.43. The van der Waals surface area contributed by atoms with E-state index in [9.17, 15) is 5.11 Å². The zero-order valence-electron chi connectivity index (χ0n) is 7.38. The van der Waals surface area contributed by atoms with Gasteiger partial charge in [0, 0.05) is 32.0 Å². The second-order valence-corrected chi connectivity index (χ2v) is 3.73. The van der Waals surface area contributed by atoms with Crippen LogP contribution in [0.1, 0.15) is 26.7 Å². The molecule has 0 aromatic carbocycles. The van der Waals surface area contributed by atoms with Gasteiger partial charge in [0.2, 0.25) is 0 Å². The molecule has 1 fully saturated rings. The van der Waals surface area contributed by atoms with Crippen molar-refractivity contribution in [2.45, 2.75) is 38.5 Å². The third-order valence-electron chi connectivity index (χ3n) is 2.39. The molecule has 0 atom stereocenters. The lowest BCUT2D eigenvalue weighted by Gasteiger charge is -2.37. The smallest absolute Gasteiger partial charge is 0.116 e. The predicted octanol–water partition coefficient (Wildman–Crippen LogP) is 0.138. The molecule has 1 heterocycles. The van der Waals surface area contributed by atoms with Crippen LogP contribution in [0.2, 0.25) is 0 Å². The average Bonchev–Trinajstić information content (AvgIpc) is 1.86. The summed E-state index contributed by atoms with van der Waals surface area (Å²) in [5.74, 6) is 0. The van der Waals surface area contributed by atoms with Crippen molar-refractivity contribution in [3.05, 3.63) is 0 Å². The molecule has 0 saturated carbocycles. The molecule has 1 rings (SSSR count). The highest BCUT2D eigenvalue weighted by Gasteiger charge is 2.28. The maximum atomic E-state index is 9.43. The Morgan fingerprint density at radius 2 is 1.82 bits per heavy atom. The van der Waals surface area contributed by atoms with E-state index in [1.54, 1.807) is 0 Å². The van der Waals surface area contributed by atoms with E-state index in [0.717, 1.165) is 13.1 Å². The summed E-state index contributed by atoms with van der Waals surface area (Å²) in [6, 6.07) is 0.575. The molecule has 1 saturated heterocycles. The maximum absolute atomic E-state index is 9.43. The standard InChI is InChI=1S/C8H18N2O/c1-7(2)10-5-3-8(9,11)4-6-10/h7,11H,3-6,9H2,1-2H3. The lowest BCUT2D eigenvalue weighted by molar-refractivity contribution is -0.0225. The van der Waals surface area contributed by atoms with Crippen LogP contribution >= 0.6 is 0 Å². The SMILES string of the molecule is CC(C)N1CCC(N)(O)CC1. The molecule has 11 heavy (non-hydrogen) atoms. The number of likely N-dealkylation sites (tertiary alicyclic amines) is 1. The highest BCUT2D eigenvalue weighted by Crippen LogP contribution is 2.17. The summed E-state index contributed by atoms with van der Waals surface area (Å²) < 4.78 is 0. The Morgan fingerprint density at radius 1 is 1.36 bits per heavy atom. The first-order chi connectivity index (χ1) is 5.01. The number of rotatable bonds is 1. The van der Waals surface area contributed by atoms with Crippen LogP contribution in [0.25, 0.3) is 0 Å². The first-order valence-corrected chi connectivity index (χ1v) is 4.26. The van der Waals surface area contributed by atoms with Gasteiger partial charge in [0.15, 0.2) is 0 Å². The molecule has 3 N–H and O–H groups in total. The summed E-state index contributed by atoms with van der Waals surface area (Å²) in [7, 11) is 0. The molecule has 0 bridgehead atoms. The molecule has 0 aromatic heterocycles. The molecule has 3 nitrogen and oxygen atoms in total. The van der Waals surface area contributed by atoms with E-state index >= 15 is 0 Å². The Morgan fingerprint density at radius 3 is 2.18 bits per heavy atom. The van der Waals surface area contributed by atoms with Gasteiger partial charge in [0.1, 0.15) is 5.72 Å². The highest BCUT2D eigenvalue weighted by atomic mass is 16.3. The van der Waals surface area contributed by atoms with E-state index in [-0.39, 0.29) is 0 Å². The number of hydrogen-bond donors (Lipinski definition) is 2. The van der Waals surface area contributed by atoms with Crippen LogP contribution in [0.5, 0.6) is 0 Å². The van der Waals surface area contributed by atoms with Crippen LogP contribution < -0.4 is 5.73 Å². The normalized spacial score (nSPS) is 25.9. The first-order valence-electron chi connectivity index (χ1n) is 4.26. The summed E-state index contributed by atoms with van der Waals surface area (Å²) in [6.07, 6.45) is 1.40. The second-order valence-electron chi connectivity index (χ2n) is 3.73. The van der Waals surface area contributed by atoms with Crippen molar-refractivity contribution < 1.29 is 5.11 Å². The third kappa shape index (κ3) is 2.43. The predicted molar refractivity (Wildman–Crippen MR) is 45.1 cm³/mol. The molecule has 0 spiro atoms. The van der Waals surface area contributed by atoms with Crippen LogP contribution in [0.4, 0.5) is 0 Å². The van der Waals surface area contributed by atoms with Gasteiger partial charge in [-0.3, -0.25) is 0 Å². The van der Waals surface area contributed by atoms with Crippen LogP contribution in [0.15, 0.2) is 0 Å². The van der Waals surface area contributed by atoms with Crippen molar-refractivity contribution >= 4 is 0 Å². The Hall–Kier alpha value is -0.120. The molecular formula is C8H18N2O. The summed E-state index contributed by atoms with van der Waals surface area (Å²) in [5.41, 5.74) is 4.67. The van der Waals surface area contributed by atoms with E-state index in [2.05, 4.69) is 18.7 Å². The fraction of sp³-hybridized carbons (Fsp3) is 1.00. The van der Waals surface area contributed by atoms with Crippen molar-refractivity contribution in [2.75, 3.05) is 13.1 Å². The van der Waals surface area contributed by atoms with Gasteiger partial charge in [-0.2, -0.15) is 0 Å². The molecule has 0 amide bonds. The lowest BCUT2D eigenvalue weighted by atomic mass is 10.0. The van der Waals surface area contributed by atoms with Gasteiger partial charge in [0.25, 0.3) is 0 Å². The fourth-order valence-corrected chi connectivity index (χ4v) is 1.43. The summed E-state index contributed by atoms with van der Waals surface area (Å²) in [4.78, 5) is 2.33. The topological polar surface area (TPSA) is 49.5 Å². The summed E-state index contributed by atoms with van der Waals surface area (Å²) in [6.45, 7) is 6.18. The number of hydrogen-bond acceptors (Lipinski definition) is 3. The Balaban J connectivity index is 2.36. The van der Waals surface area contributed by atoms with Crippen LogP contribution in [0, 0.1) is 0 Å². The second kappa shape index (κ2) is 3.09. The van der Waals surface area contributed by atoms with Crippen LogP contribution in [0.3, 0.4) is 0 Å². The molecule has 3 heteroatoms. The Kier molecular flexibility index (Phi) is 2.52. The number of nitrogens with zero attached hydrogens (tertiary/aromatic N) is 1. The van der Waals surface area contributed by atoms with Crippen molar-refractivity contribution in [3.8, 4) is 0 Å². The van der Waals surface area contributed by atoms with Crippen molar-refractivity contribution in [3.63, 3.8) is 0 Å². The Bertz CT molecular complexity index is 124. The van der Waals surface area contributed by atoms with Crippen molar-refractivity contribution in [1.82, 2.24) is 4.90 Å². The van der Waals surface area contributed by atoms with E-state index in [0.29, 0.717) is 18.9 Å². The van der Waals surface area contributed by atoms with E-state index < -0.39 is 5.72 Å². The summed E-state index contributed by atoms with van der Waals surface area (Å²) >= 11 is 0. The monoisotopic (exact) mass is 158 g/mol. The molecule has 0 aliphatic carbocycles. The van der Waals surface area contributed by atoms with E-state index in [1.807, 2.05) is 0 Å². The lowest BCUT2D eigenvalue weighted by Crippen LogP contribution is -2.51. The zero-order valence-corrected chi connectivity index (χ0v) is 7.38. The van der Waals surface area contributed by atoms with Gasteiger partial charge < -0.3 is 15.7 Å². The first kappa shape index (κ1) is 8.97. The van der Waals surface area contributed by atoms with Gasteiger partial charge in [-0.25, -0.2) is 0 Å². The van der Waals surface area contributed by atoms with Crippen molar-refractivity contribution in [1.29, 1.82) is 0 Å². The highest BCUT2D eigenvalue weighted by molar-refractivity contribution is 4.81. The minimum Gasteiger partial charge on any atom is -0.376 e. The maximum Gasteiger partial charge on any atom is 0.116 e. The van der Waals surface area contributed by atoms with E-state index in [4.69, 9.17) is 5.73 Å². The molecule has 1 aliphatic heterocycles. The van der Waals surface area contributed by atoms with Gasteiger partial charge in [-0.15, -0.1) is 0 Å². The van der Waals surface area contributed by atoms with E-state index in [1.165, 1.54) is 0 Å².